The molecule has 0 aliphatic heterocycles. The van der Waals surface area contributed by atoms with E-state index >= 15 is 0 Å². The summed E-state index contributed by atoms with van der Waals surface area (Å²) in [5, 5.41) is 5.90. The molecule has 146 valence electrons. The molecule has 5 heteroatoms. The van der Waals surface area contributed by atoms with Gasteiger partial charge in [-0.25, -0.2) is 4.98 Å². The van der Waals surface area contributed by atoms with Gasteiger partial charge in [-0.2, -0.15) is 0 Å². The Labute approximate surface area is 185 Å². The van der Waals surface area contributed by atoms with Crippen molar-refractivity contribution in [2.75, 3.05) is 6.54 Å². The summed E-state index contributed by atoms with van der Waals surface area (Å²) in [6, 6.07) is 24.7. The number of thiazole rings is 1. The van der Waals surface area contributed by atoms with Crippen LogP contribution in [0.5, 0.6) is 0 Å². The van der Waals surface area contributed by atoms with Crippen molar-refractivity contribution in [2.45, 2.75) is 13.0 Å². The van der Waals surface area contributed by atoms with Crippen LogP contribution in [-0.4, -0.2) is 11.5 Å². The first-order valence-corrected chi connectivity index (χ1v) is 11.0. The van der Waals surface area contributed by atoms with Gasteiger partial charge in [0, 0.05) is 22.8 Å². The Morgan fingerprint density at radius 1 is 0.828 bits per heavy atom. The molecule has 0 aliphatic rings. The van der Waals surface area contributed by atoms with Crippen molar-refractivity contribution in [3.8, 4) is 21.6 Å². The second-order valence-corrected chi connectivity index (χ2v) is 8.68. The van der Waals surface area contributed by atoms with Gasteiger partial charge in [0.05, 0.1) is 4.88 Å². The van der Waals surface area contributed by atoms with Gasteiger partial charge in [-0.1, -0.05) is 83.9 Å². The molecule has 0 spiro atoms. The largest absolute Gasteiger partial charge is 0.310 e. The van der Waals surface area contributed by atoms with E-state index in [1.165, 1.54) is 21.6 Å². The van der Waals surface area contributed by atoms with Crippen LogP contribution in [0.4, 0.5) is 0 Å². The van der Waals surface area contributed by atoms with E-state index in [1.54, 1.807) is 17.4 Å². The lowest BCUT2D eigenvalue weighted by Crippen LogP contribution is -2.16. The lowest BCUT2D eigenvalue weighted by molar-refractivity contribution is 0.684. The third-order valence-electron chi connectivity index (χ3n) is 4.69. The molecule has 4 aromatic rings. The highest BCUT2D eigenvalue weighted by molar-refractivity contribution is 7.15. The van der Waals surface area contributed by atoms with Crippen LogP contribution in [0.15, 0.2) is 79.0 Å². The minimum Gasteiger partial charge on any atom is -0.310 e. The molecule has 0 radical (unpaired) electrons. The predicted molar refractivity (Wildman–Crippen MR) is 125 cm³/mol. The number of halogens is 2. The summed E-state index contributed by atoms with van der Waals surface area (Å²) >= 11 is 13.9. The van der Waals surface area contributed by atoms with Crippen molar-refractivity contribution in [1.82, 2.24) is 10.3 Å². The van der Waals surface area contributed by atoms with Crippen molar-refractivity contribution < 1.29 is 0 Å². The van der Waals surface area contributed by atoms with Crippen molar-refractivity contribution in [3.05, 3.63) is 99.6 Å². The number of nitrogens with zero attached hydrogens (tertiary/aromatic N) is 1. The third kappa shape index (κ3) is 5.26. The molecule has 29 heavy (non-hydrogen) atoms. The Bertz CT molecular complexity index is 1080. The van der Waals surface area contributed by atoms with Crippen LogP contribution < -0.4 is 5.32 Å². The Hall–Kier alpha value is -2.17. The van der Waals surface area contributed by atoms with Gasteiger partial charge in [-0.05, 0) is 47.4 Å². The lowest BCUT2D eigenvalue weighted by Gasteiger charge is -2.05. The zero-order valence-corrected chi connectivity index (χ0v) is 18.1. The first-order valence-electron chi connectivity index (χ1n) is 9.44. The van der Waals surface area contributed by atoms with Crippen molar-refractivity contribution in [1.29, 1.82) is 0 Å². The first kappa shape index (κ1) is 20.1. The summed E-state index contributed by atoms with van der Waals surface area (Å²) in [4.78, 5) is 5.74. The summed E-state index contributed by atoms with van der Waals surface area (Å²) in [7, 11) is 0. The minimum atomic E-state index is 0.666. The van der Waals surface area contributed by atoms with Crippen LogP contribution in [0.2, 0.25) is 10.0 Å². The summed E-state index contributed by atoms with van der Waals surface area (Å²) in [5.74, 6) is 0. The van der Waals surface area contributed by atoms with Gasteiger partial charge in [-0.3, -0.25) is 0 Å². The Balaban J connectivity index is 1.32. The maximum absolute atomic E-state index is 6.22. The van der Waals surface area contributed by atoms with Crippen LogP contribution in [0, 0.1) is 0 Å². The highest BCUT2D eigenvalue weighted by atomic mass is 35.5. The fourth-order valence-corrected chi connectivity index (χ4v) is 4.52. The summed E-state index contributed by atoms with van der Waals surface area (Å²) in [6.07, 6.45) is 2.81. The topological polar surface area (TPSA) is 24.9 Å². The van der Waals surface area contributed by atoms with Gasteiger partial charge in [0.2, 0.25) is 0 Å². The molecular formula is C24H20Cl2N2S. The first-order chi connectivity index (χ1) is 14.2. The van der Waals surface area contributed by atoms with Gasteiger partial charge in [0.25, 0.3) is 0 Å². The molecule has 0 fully saturated rings. The quantitative estimate of drug-likeness (QED) is 0.310. The zero-order valence-electron chi connectivity index (χ0n) is 15.7. The van der Waals surface area contributed by atoms with Crippen molar-refractivity contribution >= 4 is 34.5 Å². The monoisotopic (exact) mass is 438 g/mol. The predicted octanol–water partition coefficient (Wildman–Crippen LogP) is 7.12. The average molecular weight is 439 g/mol. The molecule has 0 amide bonds. The van der Waals surface area contributed by atoms with Gasteiger partial charge in [-0.15, -0.1) is 11.3 Å². The maximum Gasteiger partial charge on any atom is 0.107 e. The Kier molecular flexibility index (Phi) is 6.63. The van der Waals surface area contributed by atoms with Gasteiger partial charge < -0.3 is 5.32 Å². The molecule has 0 atom stereocenters. The maximum atomic E-state index is 6.22. The molecule has 0 saturated heterocycles. The average Bonchev–Trinajstić information content (AvgIpc) is 3.22. The lowest BCUT2D eigenvalue weighted by atomic mass is 10.0. The van der Waals surface area contributed by atoms with Crippen LogP contribution in [0.3, 0.4) is 0 Å². The number of hydrogen-bond acceptors (Lipinski definition) is 3. The number of hydrogen-bond donors (Lipinski definition) is 1. The molecule has 0 unspecified atom stereocenters. The van der Waals surface area contributed by atoms with Gasteiger partial charge in [0.15, 0.2) is 0 Å². The molecule has 1 aromatic heterocycles. The highest BCUT2D eigenvalue weighted by Crippen LogP contribution is 2.29. The van der Waals surface area contributed by atoms with E-state index in [4.69, 9.17) is 23.2 Å². The standard InChI is InChI=1S/C24H20Cl2N2S/c25-21-11-10-19(22(26)14-21)12-13-27-16-24-28-15-23(29-24)20-8-6-18(7-9-20)17-4-2-1-3-5-17/h1-11,14-15,27H,12-13,16H2. The van der Waals surface area contributed by atoms with E-state index < -0.39 is 0 Å². The van der Waals surface area contributed by atoms with E-state index in [9.17, 15) is 0 Å². The second kappa shape index (κ2) is 9.55. The molecule has 1 heterocycles. The molecule has 2 nitrogen and oxygen atoms in total. The van der Waals surface area contributed by atoms with Gasteiger partial charge >= 0.3 is 0 Å². The van der Waals surface area contributed by atoms with E-state index in [-0.39, 0.29) is 0 Å². The molecule has 0 saturated carbocycles. The smallest absolute Gasteiger partial charge is 0.107 e. The summed E-state index contributed by atoms with van der Waals surface area (Å²) in [6.45, 7) is 1.58. The number of benzene rings is 3. The number of nitrogens with one attached hydrogen (secondary N) is 1. The van der Waals surface area contributed by atoms with Crippen molar-refractivity contribution in [3.63, 3.8) is 0 Å². The normalized spacial score (nSPS) is 11.0. The van der Waals surface area contributed by atoms with E-state index in [0.717, 1.165) is 35.1 Å². The van der Waals surface area contributed by atoms with E-state index in [2.05, 4.69) is 58.8 Å². The molecular weight excluding hydrogens is 419 g/mol. The Morgan fingerprint density at radius 2 is 1.55 bits per heavy atom. The fourth-order valence-electron chi connectivity index (χ4n) is 3.13. The molecule has 3 aromatic carbocycles. The van der Waals surface area contributed by atoms with Crippen LogP contribution >= 0.6 is 34.5 Å². The Morgan fingerprint density at radius 3 is 2.31 bits per heavy atom. The second-order valence-electron chi connectivity index (χ2n) is 6.72. The van der Waals surface area contributed by atoms with Crippen molar-refractivity contribution in [2.24, 2.45) is 0 Å². The summed E-state index contributed by atoms with van der Waals surface area (Å²) in [5.41, 5.74) is 4.75. The number of aromatic nitrogens is 1. The summed E-state index contributed by atoms with van der Waals surface area (Å²) < 4.78 is 0. The zero-order chi connectivity index (χ0) is 20.1. The van der Waals surface area contributed by atoms with Crippen LogP contribution in [-0.2, 0) is 13.0 Å². The van der Waals surface area contributed by atoms with Crippen LogP contribution in [0.1, 0.15) is 10.6 Å². The fraction of sp³-hybridized carbons (Fsp3) is 0.125. The number of rotatable bonds is 7. The molecule has 0 bridgehead atoms. The molecule has 4 rings (SSSR count). The van der Waals surface area contributed by atoms with Gasteiger partial charge in [0.1, 0.15) is 5.01 Å². The van der Waals surface area contributed by atoms with E-state index in [1.807, 2.05) is 24.4 Å². The third-order valence-corrected chi connectivity index (χ3v) is 6.33. The van der Waals surface area contributed by atoms with Crippen LogP contribution in [0.25, 0.3) is 21.6 Å². The molecule has 1 N–H and O–H groups in total. The SMILES string of the molecule is Clc1ccc(CCNCc2ncc(-c3ccc(-c4ccccc4)cc3)s2)c(Cl)c1. The highest BCUT2D eigenvalue weighted by Gasteiger charge is 2.06. The molecule has 0 aliphatic carbocycles. The minimum absolute atomic E-state index is 0.666. The van der Waals surface area contributed by atoms with E-state index in [0.29, 0.717) is 5.02 Å².